The number of unbranched alkanes of at least 4 members (excludes halogenated alkanes) is 1. The summed E-state index contributed by atoms with van der Waals surface area (Å²) in [4.78, 5) is 34.9. The standard InChI is InChI=1S/C27H31ClN4O3/c1-3-4-15-31(27(34)22-13-6-5-10-19(22)2)18-24(33)32-16-8-7-14-23(32)26-29-25(30-35-26)20-11-9-12-21(28)17-20/h5-6,9-13,17,23H,3-4,7-8,14-16,18H2,1-2H3. The quantitative estimate of drug-likeness (QED) is 0.401. The van der Waals surface area contributed by atoms with E-state index in [2.05, 4.69) is 17.1 Å². The Morgan fingerprint density at radius 3 is 2.77 bits per heavy atom. The molecule has 4 rings (SSSR count). The van der Waals surface area contributed by atoms with Crippen LogP contribution in [0.2, 0.25) is 5.02 Å². The van der Waals surface area contributed by atoms with Gasteiger partial charge in [-0.3, -0.25) is 9.59 Å². The molecule has 0 bridgehead atoms. The van der Waals surface area contributed by atoms with Gasteiger partial charge in [-0.2, -0.15) is 4.98 Å². The molecule has 1 atom stereocenters. The van der Waals surface area contributed by atoms with Crippen molar-refractivity contribution in [2.24, 2.45) is 0 Å². The van der Waals surface area contributed by atoms with Crippen molar-refractivity contribution in [1.29, 1.82) is 0 Å². The van der Waals surface area contributed by atoms with Crippen LogP contribution in [0.15, 0.2) is 53.1 Å². The minimum atomic E-state index is -0.307. The monoisotopic (exact) mass is 494 g/mol. The van der Waals surface area contributed by atoms with E-state index in [0.29, 0.717) is 35.4 Å². The molecule has 2 aromatic carbocycles. The van der Waals surface area contributed by atoms with Crippen molar-refractivity contribution >= 4 is 23.4 Å². The largest absolute Gasteiger partial charge is 0.337 e. The van der Waals surface area contributed by atoms with Crippen LogP contribution in [0.5, 0.6) is 0 Å². The highest BCUT2D eigenvalue weighted by molar-refractivity contribution is 6.30. The number of likely N-dealkylation sites (tertiary alicyclic amines) is 1. The first-order valence-corrected chi connectivity index (χ1v) is 12.6. The number of aromatic nitrogens is 2. The van der Waals surface area contributed by atoms with Crippen molar-refractivity contribution < 1.29 is 14.1 Å². The lowest BCUT2D eigenvalue weighted by Gasteiger charge is -2.35. The molecule has 35 heavy (non-hydrogen) atoms. The summed E-state index contributed by atoms with van der Waals surface area (Å²) in [5.74, 6) is 0.646. The van der Waals surface area contributed by atoms with Crippen LogP contribution >= 0.6 is 11.6 Å². The van der Waals surface area contributed by atoms with E-state index >= 15 is 0 Å². The van der Waals surface area contributed by atoms with E-state index < -0.39 is 0 Å². The molecule has 3 aromatic rings. The zero-order valence-corrected chi connectivity index (χ0v) is 21.0. The number of hydrogen-bond acceptors (Lipinski definition) is 5. The number of halogens is 1. The average molecular weight is 495 g/mol. The fourth-order valence-corrected chi connectivity index (χ4v) is 4.63. The number of amides is 2. The number of nitrogens with zero attached hydrogens (tertiary/aromatic N) is 4. The minimum Gasteiger partial charge on any atom is -0.337 e. The van der Waals surface area contributed by atoms with Gasteiger partial charge in [-0.15, -0.1) is 0 Å². The van der Waals surface area contributed by atoms with Crippen LogP contribution in [-0.2, 0) is 4.79 Å². The van der Waals surface area contributed by atoms with Gasteiger partial charge in [0.25, 0.3) is 5.91 Å². The van der Waals surface area contributed by atoms with Gasteiger partial charge in [-0.25, -0.2) is 0 Å². The predicted molar refractivity (Wildman–Crippen MR) is 135 cm³/mol. The van der Waals surface area contributed by atoms with E-state index in [1.165, 1.54) is 0 Å². The zero-order chi connectivity index (χ0) is 24.8. The molecule has 1 saturated heterocycles. The third-order valence-electron chi connectivity index (χ3n) is 6.40. The number of aryl methyl sites for hydroxylation is 1. The molecule has 1 fully saturated rings. The first-order chi connectivity index (χ1) is 17.0. The molecule has 0 aliphatic carbocycles. The summed E-state index contributed by atoms with van der Waals surface area (Å²) >= 11 is 6.11. The normalized spacial score (nSPS) is 15.7. The van der Waals surface area contributed by atoms with Crippen molar-refractivity contribution in [2.45, 2.75) is 52.0 Å². The lowest BCUT2D eigenvalue weighted by Crippen LogP contribution is -2.46. The summed E-state index contributed by atoms with van der Waals surface area (Å²) in [5, 5.41) is 4.72. The topological polar surface area (TPSA) is 79.5 Å². The molecule has 0 spiro atoms. The predicted octanol–water partition coefficient (Wildman–Crippen LogP) is 5.69. The van der Waals surface area contributed by atoms with Crippen LogP contribution in [0.25, 0.3) is 11.4 Å². The van der Waals surface area contributed by atoms with Gasteiger partial charge in [0.1, 0.15) is 12.6 Å². The number of rotatable bonds is 8. The Morgan fingerprint density at radius 2 is 2.00 bits per heavy atom. The van der Waals surface area contributed by atoms with Gasteiger partial charge in [0.05, 0.1) is 0 Å². The van der Waals surface area contributed by atoms with Crippen molar-refractivity contribution in [2.75, 3.05) is 19.6 Å². The van der Waals surface area contributed by atoms with E-state index in [4.69, 9.17) is 16.1 Å². The molecule has 0 saturated carbocycles. The Morgan fingerprint density at radius 1 is 1.17 bits per heavy atom. The first-order valence-electron chi connectivity index (χ1n) is 12.2. The van der Waals surface area contributed by atoms with E-state index in [-0.39, 0.29) is 24.4 Å². The number of carbonyl (C=O) groups is 2. The lowest BCUT2D eigenvalue weighted by atomic mass is 10.0. The average Bonchev–Trinajstić information content (AvgIpc) is 3.37. The fourth-order valence-electron chi connectivity index (χ4n) is 4.44. The molecule has 7 nitrogen and oxygen atoms in total. The van der Waals surface area contributed by atoms with Gasteiger partial charge in [-0.1, -0.05) is 60.4 Å². The molecule has 1 unspecified atom stereocenters. The second kappa shape index (κ2) is 11.5. The Labute approximate surface area is 211 Å². The summed E-state index contributed by atoms with van der Waals surface area (Å²) in [7, 11) is 0. The zero-order valence-electron chi connectivity index (χ0n) is 20.2. The van der Waals surface area contributed by atoms with E-state index in [0.717, 1.165) is 43.2 Å². The first kappa shape index (κ1) is 24.9. The van der Waals surface area contributed by atoms with Gasteiger partial charge in [0, 0.05) is 29.2 Å². The Bertz CT molecular complexity index is 1180. The number of carbonyl (C=O) groups excluding carboxylic acids is 2. The Kier molecular flexibility index (Phi) is 8.18. The highest BCUT2D eigenvalue weighted by Crippen LogP contribution is 2.32. The van der Waals surface area contributed by atoms with Gasteiger partial charge in [-0.05, 0) is 56.4 Å². The smallest absolute Gasteiger partial charge is 0.254 e. The van der Waals surface area contributed by atoms with E-state index in [9.17, 15) is 9.59 Å². The van der Waals surface area contributed by atoms with Crippen LogP contribution in [0, 0.1) is 6.92 Å². The maximum Gasteiger partial charge on any atom is 0.254 e. The lowest BCUT2D eigenvalue weighted by molar-refractivity contribution is -0.136. The van der Waals surface area contributed by atoms with Crippen molar-refractivity contribution in [3.8, 4) is 11.4 Å². The summed E-state index contributed by atoms with van der Waals surface area (Å²) in [6.45, 7) is 5.15. The molecule has 2 amide bonds. The number of piperidine rings is 1. The molecular weight excluding hydrogens is 464 g/mol. The third-order valence-corrected chi connectivity index (χ3v) is 6.64. The van der Waals surface area contributed by atoms with Crippen LogP contribution in [0.3, 0.4) is 0 Å². The van der Waals surface area contributed by atoms with E-state index in [1.807, 2.05) is 43.3 Å². The Hall–Kier alpha value is -3.19. The molecule has 0 radical (unpaired) electrons. The van der Waals surface area contributed by atoms with Crippen LogP contribution in [0.1, 0.15) is 66.9 Å². The molecule has 1 aromatic heterocycles. The summed E-state index contributed by atoms with van der Waals surface area (Å²) < 4.78 is 5.60. The van der Waals surface area contributed by atoms with Crippen molar-refractivity contribution in [3.63, 3.8) is 0 Å². The second-order valence-electron chi connectivity index (χ2n) is 8.96. The maximum atomic E-state index is 13.5. The summed E-state index contributed by atoms with van der Waals surface area (Å²) in [6, 6.07) is 14.5. The van der Waals surface area contributed by atoms with Gasteiger partial charge < -0.3 is 14.3 Å². The highest BCUT2D eigenvalue weighted by Gasteiger charge is 2.33. The Balaban J connectivity index is 1.53. The molecule has 0 N–H and O–H groups in total. The fraction of sp³-hybridized carbons (Fsp3) is 0.407. The SMILES string of the molecule is CCCCN(CC(=O)N1CCCCC1c1nc(-c2cccc(Cl)c2)no1)C(=O)c1ccccc1C. The third kappa shape index (κ3) is 5.90. The molecule has 1 aliphatic rings. The second-order valence-corrected chi connectivity index (χ2v) is 9.40. The minimum absolute atomic E-state index is 0.0267. The van der Waals surface area contributed by atoms with Gasteiger partial charge in [0.15, 0.2) is 0 Å². The van der Waals surface area contributed by atoms with Crippen molar-refractivity contribution in [3.05, 3.63) is 70.6 Å². The van der Waals surface area contributed by atoms with Crippen LogP contribution in [-0.4, -0.2) is 51.4 Å². The van der Waals surface area contributed by atoms with Gasteiger partial charge in [0.2, 0.25) is 17.6 Å². The number of hydrogen-bond donors (Lipinski definition) is 0. The van der Waals surface area contributed by atoms with Gasteiger partial charge >= 0.3 is 0 Å². The van der Waals surface area contributed by atoms with Crippen molar-refractivity contribution in [1.82, 2.24) is 19.9 Å². The molecule has 1 aliphatic heterocycles. The van der Waals surface area contributed by atoms with Crippen LogP contribution in [0.4, 0.5) is 0 Å². The maximum absolute atomic E-state index is 13.5. The van der Waals surface area contributed by atoms with E-state index in [1.54, 1.807) is 21.9 Å². The highest BCUT2D eigenvalue weighted by atomic mass is 35.5. The molecular formula is C27H31ClN4O3. The summed E-state index contributed by atoms with van der Waals surface area (Å²) in [6.07, 6.45) is 4.38. The molecule has 184 valence electrons. The number of benzene rings is 2. The van der Waals surface area contributed by atoms with Crippen LogP contribution < -0.4 is 0 Å². The molecule has 2 heterocycles. The summed E-state index contributed by atoms with van der Waals surface area (Å²) in [5.41, 5.74) is 2.30. The molecule has 8 heteroatoms.